The summed E-state index contributed by atoms with van der Waals surface area (Å²) in [7, 11) is 1.92. The van der Waals surface area contributed by atoms with E-state index in [0.29, 0.717) is 18.5 Å². The number of aliphatic hydroxyl groups excluding tert-OH is 1. The molecule has 1 rings (SSSR count). The topological polar surface area (TPSA) is 23.5 Å². The van der Waals surface area contributed by atoms with Crippen LogP contribution in [0.25, 0.3) is 0 Å². The van der Waals surface area contributed by atoms with Crippen molar-refractivity contribution in [3.05, 3.63) is 34.1 Å². The average molecular weight is 290 g/mol. The van der Waals surface area contributed by atoms with Crippen molar-refractivity contribution in [2.75, 3.05) is 13.6 Å². The smallest absolute Gasteiger partial charge is 0.128 e. The van der Waals surface area contributed by atoms with Gasteiger partial charge in [0.25, 0.3) is 0 Å². The summed E-state index contributed by atoms with van der Waals surface area (Å²) in [6, 6.07) is 4.97. The van der Waals surface area contributed by atoms with Gasteiger partial charge in [0.05, 0.1) is 6.10 Å². The molecule has 2 nitrogen and oxygen atoms in total. The number of nitrogens with zero attached hydrogens (tertiary/aromatic N) is 1. The molecule has 1 aromatic carbocycles. The maximum absolute atomic E-state index is 13.5. The standard InChI is InChI=1S/C12H17BrFNO/c1-9(16)6-7-15(2)8-10-11(13)4-3-5-12(10)14/h3-5,9,16H,6-8H2,1-2H3. The number of rotatable bonds is 5. The second kappa shape index (κ2) is 6.33. The third-order valence-electron chi connectivity index (χ3n) is 2.42. The molecule has 0 aliphatic heterocycles. The molecular formula is C12H17BrFNO. The van der Waals surface area contributed by atoms with Gasteiger partial charge in [0.15, 0.2) is 0 Å². The van der Waals surface area contributed by atoms with Crippen molar-refractivity contribution in [3.8, 4) is 0 Å². The predicted molar refractivity (Wildman–Crippen MR) is 66.7 cm³/mol. The van der Waals surface area contributed by atoms with Crippen LogP contribution in [0, 0.1) is 5.82 Å². The van der Waals surface area contributed by atoms with E-state index in [1.165, 1.54) is 6.07 Å². The Hall–Kier alpha value is -0.450. The molecule has 90 valence electrons. The minimum absolute atomic E-state index is 0.196. The highest BCUT2D eigenvalue weighted by molar-refractivity contribution is 9.10. The Bertz CT molecular complexity index is 324. The summed E-state index contributed by atoms with van der Waals surface area (Å²) in [4.78, 5) is 2.00. The zero-order valence-electron chi connectivity index (χ0n) is 9.58. The van der Waals surface area contributed by atoms with E-state index in [1.807, 2.05) is 18.0 Å². The highest BCUT2D eigenvalue weighted by Gasteiger charge is 2.09. The van der Waals surface area contributed by atoms with Gasteiger partial charge in [-0.25, -0.2) is 4.39 Å². The molecule has 1 N–H and O–H groups in total. The maximum atomic E-state index is 13.5. The molecule has 0 amide bonds. The van der Waals surface area contributed by atoms with Crippen LogP contribution in [0.5, 0.6) is 0 Å². The first-order valence-corrected chi connectivity index (χ1v) is 6.09. The average Bonchev–Trinajstić information content (AvgIpc) is 2.21. The SMILES string of the molecule is CC(O)CCN(C)Cc1c(F)cccc1Br. The molecular weight excluding hydrogens is 273 g/mol. The van der Waals surface area contributed by atoms with Gasteiger partial charge in [-0.2, -0.15) is 0 Å². The van der Waals surface area contributed by atoms with Crippen molar-refractivity contribution < 1.29 is 9.50 Å². The molecule has 0 saturated heterocycles. The number of hydrogen-bond donors (Lipinski definition) is 1. The van der Waals surface area contributed by atoms with Crippen LogP contribution in [-0.2, 0) is 6.54 Å². The van der Waals surface area contributed by atoms with E-state index in [4.69, 9.17) is 5.11 Å². The molecule has 4 heteroatoms. The minimum Gasteiger partial charge on any atom is -0.393 e. The maximum Gasteiger partial charge on any atom is 0.128 e. The molecule has 0 spiro atoms. The van der Waals surface area contributed by atoms with Crippen molar-refractivity contribution >= 4 is 15.9 Å². The summed E-state index contributed by atoms with van der Waals surface area (Å²) in [6.45, 7) is 3.05. The first-order chi connectivity index (χ1) is 7.50. The molecule has 16 heavy (non-hydrogen) atoms. The quantitative estimate of drug-likeness (QED) is 0.901. The van der Waals surface area contributed by atoms with Crippen molar-refractivity contribution in [1.29, 1.82) is 0 Å². The highest BCUT2D eigenvalue weighted by atomic mass is 79.9. The molecule has 0 aliphatic carbocycles. The molecule has 0 bridgehead atoms. The Morgan fingerprint density at radius 2 is 2.19 bits per heavy atom. The fourth-order valence-corrected chi connectivity index (χ4v) is 1.91. The van der Waals surface area contributed by atoms with Crippen LogP contribution in [0.2, 0.25) is 0 Å². The molecule has 0 aromatic heterocycles. The summed E-state index contributed by atoms with van der Waals surface area (Å²) in [5, 5.41) is 9.17. The summed E-state index contributed by atoms with van der Waals surface area (Å²) >= 11 is 3.34. The lowest BCUT2D eigenvalue weighted by Crippen LogP contribution is -2.22. The molecule has 0 saturated carbocycles. The van der Waals surface area contributed by atoms with Gasteiger partial charge in [0.2, 0.25) is 0 Å². The Morgan fingerprint density at radius 3 is 2.75 bits per heavy atom. The van der Waals surface area contributed by atoms with E-state index in [-0.39, 0.29) is 11.9 Å². The molecule has 1 aromatic rings. The minimum atomic E-state index is -0.313. The Morgan fingerprint density at radius 1 is 1.50 bits per heavy atom. The number of benzene rings is 1. The number of hydrogen-bond acceptors (Lipinski definition) is 2. The monoisotopic (exact) mass is 289 g/mol. The Labute approximate surface area is 104 Å². The van der Waals surface area contributed by atoms with E-state index in [9.17, 15) is 4.39 Å². The second-order valence-corrected chi connectivity index (χ2v) is 4.93. The van der Waals surface area contributed by atoms with Gasteiger partial charge < -0.3 is 10.0 Å². The molecule has 1 atom stereocenters. The fraction of sp³-hybridized carbons (Fsp3) is 0.500. The van der Waals surface area contributed by atoms with Gasteiger partial charge in [-0.15, -0.1) is 0 Å². The zero-order valence-corrected chi connectivity index (χ0v) is 11.2. The van der Waals surface area contributed by atoms with Crippen LogP contribution in [0.3, 0.4) is 0 Å². The van der Waals surface area contributed by atoms with Crippen LogP contribution >= 0.6 is 15.9 Å². The van der Waals surface area contributed by atoms with E-state index in [2.05, 4.69) is 15.9 Å². The van der Waals surface area contributed by atoms with Gasteiger partial charge in [-0.05, 0) is 32.5 Å². The Kier molecular flexibility index (Phi) is 5.38. The lowest BCUT2D eigenvalue weighted by molar-refractivity contribution is 0.162. The fourth-order valence-electron chi connectivity index (χ4n) is 1.44. The number of aliphatic hydroxyl groups is 1. The summed E-state index contributed by atoms with van der Waals surface area (Å²) in [6.07, 6.45) is 0.384. The molecule has 0 heterocycles. The summed E-state index contributed by atoms with van der Waals surface area (Å²) in [5.41, 5.74) is 0.663. The third kappa shape index (κ3) is 4.20. The largest absolute Gasteiger partial charge is 0.393 e. The third-order valence-corrected chi connectivity index (χ3v) is 3.16. The molecule has 0 radical (unpaired) electrons. The van der Waals surface area contributed by atoms with Crippen LogP contribution in [0.15, 0.2) is 22.7 Å². The van der Waals surface area contributed by atoms with Gasteiger partial charge in [0, 0.05) is 23.1 Å². The van der Waals surface area contributed by atoms with Crippen LogP contribution in [-0.4, -0.2) is 29.7 Å². The summed E-state index contributed by atoms with van der Waals surface area (Å²) < 4.78 is 14.3. The van der Waals surface area contributed by atoms with Crippen LogP contribution in [0.4, 0.5) is 4.39 Å². The van der Waals surface area contributed by atoms with E-state index >= 15 is 0 Å². The zero-order chi connectivity index (χ0) is 12.1. The van der Waals surface area contributed by atoms with Crippen LogP contribution in [0.1, 0.15) is 18.9 Å². The number of halogens is 2. The predicted octanol–water partition coefficient (Wildman–Crippen LogP) is 2.79. The lowest BCUT2D eigenvalue weighted by Gasteiger charge is -2.18. The van der Waals surface area contributed by atoms with Crippen LogP contribution < -0.4 is 0 Å². The first kappa shape index (κ1) is 13.6. The first-order valence-electron chi connectivity index (χ1n) is 5.30. The van der Waals surface area contributed by atoms with Gasteiger partial charge in [-0.1, -0.05) is 22.0 Å². The van der Waals surface area contributed by atoms with Gasteiger partial charge >= 0.3 is 0 Å². The molecule has 0 fully saturated rings. The molecule has 1 unspecified atom stereocenters. The van der Waals surface area contributed by atoms with Crippen molar-refractivity contribution in [3.63, 3.8) is 0 Å². The van der Waals surface area contributed by atoms with E-state index in [1.54, 1.807) is 13.0 Å². The van der Waals surface area contributed by atoms with E-state index < -0.39 is 0 Å². The van der Waals surface area contributed by atoms with Gasteiger partial charge in [-0.3, -0.25) is 0 Å². The van der Waals surface area contributed by atoms with Crippen molar-refractivity contribution in [1.82, 2.24) is 4.90 Å². The lowest BCUT2D eigenvalue weighted by atomic mass is 10.2. The van der Waals surface area contributed by atoms with E-state index in [0.717, 1.165) is 11.0 Å². The Balaban J connectivity index is 2.59. The highest BCUT2D eigenvalue weighted by Crippen LogP contribution is 2.20. The second-order valence-electron chi connectivity index (χ2n) is 4.08. The normalized spacial score (nSPS) is 13.1. The van der Waals surface area contributed by atoms with Gasteiger partial charge in [0.1, 0.15) is 5.82 Å². The van der Waals surface area contributed by atoms with Crippen molar-refractivity contribution in [2.24, 2.45) is 0 Å². The van der Waals surface area contributed by atoms with Crippen molar-refractivity contribution in [2.45, 2.75) is 26.0 Å². The molecule has 0 aliphatic rings. The summed E-state index contributed by atoms with van der Waals surface area (Å²) in [5.74, 6) is -0.196.